The van der Waals surface area contributed by atoms with Crippen LogP contribution in [-0.2, 0) is 14.3 Å². The predicted octanol–water partition coefficient (Wildman–Crippen LogP) is 1.55. The second-order valence-corrected chi connectivity index (χ2v) is 5.38. The van der Waals surface area contributed by atoms with E-state index in [1.807, 2.05) is 27.7 Å². The molecule has 4 nitrogen and oxygen atoms in total. The summed E-state index contributed by atoms with van der Waals surface area (Å²) in [6.45, 7) is 7.88. The van der Waals surface area contributed by atoms with Crippen LogP contribution in [0.15, 0.2) is 0 Å². The van der Waals surface area contributed by atoms with Crippen LogP contribution in [0.2, 0.25) is 0 Å². The first-order chi connectivity index (χ1) is 7.76. The molecule has 0 aromatic rings. The summed E-state index contributed by atoms with van der Waals surface area (Å²) in [5.74, 6) is 3.16. The van der Waals surface area contributed by atoms with Crippen molar-refractivity contribution in [2.45, 2.75) is 27.7 Å². The predicted molar refractivity (Wildman–Crippen MR) is 62.0 cm³/mol. The van der Waals surface area contributed by atoms with Gasteiger partial charge in [-0.1, -0.05) is 33.6 Å². The molecule has 1 saturated carbocycles. The molecule has 0 aromatic carbocycles. The molecule has 2 unspecified atom stereocenters. The first-order valence-corrected chi connectivity index (χ1v) is 5.68. The molecule has 94 valence electrons. The molecule has 0 spiro atoms. The van der Waals surface area contributed by atoms with Crippen molar-refractivity contribution in [3.8, 4) is 11.8 Å². The van der Waals surface area contributed by atoms with Crippen LogP contribution >= 0.6 is 0 Å². The highest BCUT2D eigenvalue weighted by Crippen LogP contribution is 2.57. The molecule has 1 aliphatic carbocycles. The van der Waals surface area contributed by atoms with Gasteiger partial charge in [0.2, 0.25) is 0 Å². The standard InChI is InChI=1S/C13H18O4/c1-8(2)7-17-10(14)6-5-9-11(12(15)16)13(9,3)4/h8-9,11H,7H2,1-4H3,(H,15,16). The molecule has 0 radical (unpaired) electrons. The number of hydrogen-bond acceptors (Lipinski definition) is 3. The molecule has 0 heterocycles. The Bertz CT molecular complexity index is 384. The Kier molecular flexibility index (Phi) is 3.82. The van der Waals surface area contributed by atoms with E-state index < -0.39 is 17.9 Å². The van der Waals surface area contributed by atoms with Crippen molar-refractivity contribution in [2.75, 3.05) is 6.61 Å². The zero-order chi connectivity index (χ0) is 13.2. The summed E-state index contributed by atoms with van der Waals surface area (Å²) in [5.41, 5.74) is -0.350. The van der Waals surface area contributed by atoms with Crippen molar-refractivity contribution in [1.29, 1.82) is 0 Å². The molecular weight excluding hydrogens is 220 g/mol. The highest BCUT2D eigenvalue weighted by atomic mass is 16.5. The molecule has 1 rings (SSSR count). The van der Waals surface area contributed by atoms with E-state index in [2.05, 4.69) is 11.8 Å². The van der Waals surface area contributed by atoms with Crippen molar-refractivity contribution in [3.05, 3.63) is 0 Å². The quantitative estimate of drug-likeness (QED) is 0.460. The number of ether oxygens (including phenoxy) is 1. The number of esters is 1. The lowest BCUT2D eigenvalue weighted by Gasteiger charge is -2.02. The van der Waals surface area contributed by atoms with Crippen LogP contribution in [-0.4, -0.2) is 23.7 Å². The van der Waals surface area contributed by atoms with Gasteiger partial charge in [-0.25, -0.2) is 4.79 Å². The molecule has 17 heavy (non-hydrogen) atoms. The summed E-state index contributed by atoms with van der Waals surface area (Å²) < 4.78 is 4.89. The molecule has 0 aliphatic heterocycles. The summed E-state index contributed by atoms with van der Waals surface area (Å²) in [7, 11) is 0. The summed E-state index contributed by atoms with van der Waals surface area (Å²) in [5, 5.41) is 8.92. The van der Waals surface area contributed by atoms with E-state index in [4.69, 9.17) is 9.84 Å². The second-order valence-electron chi connectivity index (χ2n) is 5.38. The fourth-order valence-electron chi connectivity index (χ4n) is 1.78. The first kappa shape index (κ1) is 13.6. The third-order valence-corrected chi connectivity index (χ3v) is 2.97. The maximum atomic E-state index is 11.2. The van der Waals surface area contributed by atoms with Gasteiger partial charge in [0, 0.05) is 11.8 Å². The Balaban J connectivity index is 2.51. The largest absolute Gasteiger partial charge is 0.481 e. The van der Waals surface area contributed by atoms with E-state index >= 15 is 0 Å². The van der Waals surface area contributed by atoms with Crippen LogP contribution in [0.4, 0.5) is 0 Å². The van der Waals surface area contributed by atoms with Crippen LogP contribution in [0.3, 0.4) is 0 Å². The molecular formula is C13H18O4. The molecule has 0 bridgehead atoms. The smallest absolute Gasteiger partial charge is 0.384 e. The molecule has 1 aliphatic rings. The van der Waals surface area contributed by atoms with Gasteiger partial charge < -0.3 is 9.84 Å². The Morgan fingerprint density at radius 2 is 2.00 bits per heavy atom. The van der Waals surface area contributed by atoms with E-state index in [1.54, 1.807) is 0 Å². The monoisotopic (exact) mass is 238 g/mol. The van der Waals surface area contributed by atoms with Gasteiger partial charge in [-0.3, -0.25) is 4.79 Å². The lowest BCUT2D eigenvalue weighted by molar-refractivity contribution is -0.140. The highest BCUT2D eigenvalue weighted by molar-refractivity contribution is 5.89. The SMILES string of the molecule is CC(C)COC(=O)C#CC1C(C(=O)O)C1(C)C. The van der Waals surface area contributed by atoms with Gasteiger partial charge in [-0.05, 0) is 11.3 Å². The van der Waals surface area contributed by atoms with Gasteiger partial charge >= 0.3 is 11.9 Å². The maximum Gasteiger partial charge on any atom is 0.384 e. The van der Waals surface area contributed by atoms with Crippen molar-refractivity contribution < 1.29 is 19.4 Å². The molecule has 2 atom stereocenters. The number of carboxylic acids is 1. The van der Waals surface area contributed by atoms with Crippen LogP contribution in [0.25, 0.3) is 0 Å². The molecule has 4 heteroatoms. The van der Waals surface area contributed by atoms with Gasteiger partial charge in [0.15, 0.2) is 0 Å². The van der Waals surface area contributed by atoms with Crippen molar-refractivity contribution in [2.24, 2.45) is 23.2 Å². The fourth-order valence-corrected chi connectivity index (χ4v) is 1.78. The van der Waals surface area contributed by atoms with Crippen molar-refractivity contribution >= 4 is 11.9 Å². The molecule has 0 aromatic heterocycles. The zero-order valence-electron chi connectivity index (χ0n) is 10.6. The van der Waals surface area contributed by atoms with E-state index in [-0.39, 0.29) is 17.3 Å². The number of hydrogen-bond donors (Lipinski definition) is 1. The minimum absolute atomic E-state index is 0.258. The fraction of sp³-hybridized carbons (Fsp3) is 0.692. The van der Waals surface area contributed by atoms with E-state index in [9.17, 15) is 9.59 Å². The number of carboxylic acid groups (broad SMARTS) is 1. The third kappa shape index (κ3) is 3.23. The molecule has 0 saturated heterocycles. The minimum Gasteiger partial charge on any atom is -0.481 e. The van der Waals surface area contributed by atoms with Gasteiger partial charge in [0.25, 0.3) is 0 Å². The lowest BCUT2D eigenvalue weighted by Crippen LogP contribution is -2.07. The Hall–Kier alpha value is -1.50. The van der Waals surface area contributed by atoms with Crippen LogP contribution in [0.5, 0.6) is 0 Å². The first-order valence-electron chi connectivity index (χ1n) is 5.68. The topological polar surface area (TPSA) is 63.6 Å². The summed E-state index contributed by atoms with van der Waals surface area (Å²) >= 11 is 0. The normalized spacial score (nSPS) is 24.8. The highest BCUT2D eigenvalue weighted by Gasteiger charge is 2.61. The van der Waals surface area contributed by atoms with Crippen molar-refractivity contribution in [3.63, 3.8) is 0 Å². The second kappa shape index (κ2) is 4.79. The summed E-state index contributed by atoms with van der Waals surface area (Å²) in [6.07, 6.45) is 0. The zero-order valence-corrected chi connectivity index (χ0v) is 10.6. The van der Waals surface area contributed by atoms with Crippen LogP contribution < -0.4 is 0 Å². The maximum absolute atomic E-state index is 11.2. The number of aliphatic carboxylic acids is 1. The van der Waals surface area contributed by atoms with Gasteiger partial charge in [0.1, 0.15) is 0 Å². The average Bonchev–Trinajstić information content (AvgIpc) is 2.74. The summed E-state index contributed by atoms with van der Waals surface area (Å²) in [6, 6.07) is 0. The van der Waals surface area contributed by atoms with Crippen molar-refractivity contribution in [1.82, 2.24) is 0 Å². The van der Waals surface area contributed by atoms with Gasteiger partial charge in [-0.15, -0.1) is 0 Å². The third-order valence-electron chi connectivity index (χ3n) is 2.97. The Labute approximate surface area is 101 Å². The number of carbonyl (C=O) groups is 2. The van der Waals surface area contributed by atoms with E-state index in [0.29, 0.717) is 6.61 Å². The number of rotatable bonds is 3. The Morgan fingerprint density at radius 3 is 2.41 bits per heavy atom. The van der Waals surface area contributed by atoms with Crippen LogP contribution in [0, 0.1) is 35.0 Å². The molecule has 0 amide bonds. The van der Waals surface area contributed by atoms with E-state index in [1.165, 1.54) is 0 Å². The van der Waals surface area contributed by atoms with E-state index in [0.717, 1.165) is 0 Å². The lowest BCUT2D eigenvalue weighted by atomic mass is 10.1. The van der Waals surface area contributed by atoms with Gasteiger partial charge in [0.05, 0.1) is 12.5 Å². The molecule has 1 N–H and O–H groups in total. The summed E-state index contributed by atoms with van der Waals surface area (Å²) in [4.78, 5) is 22.1. The molecule has 1 fully saturated rings. The average molecular weight is 238 g/mol. The van der Waals surface area contributed by atoms with Gasteiger partial charge in [-0.2, -0.15) is 0 Å². The van der Waals surface area contributed by atoms with Crippen LogP contribution in [0.1, 0.15) is 27.7 Å². The number of carbonyl (C=O) groups excluding carboxylic acids is 1. The minimum atomic E-state index is -0.857. The Morgan fingerprint density at radius 1 is 1.41 bits per heavy atom.